The van der Waals surface area contributed by atoms with E-state index in [1.54, 1.807) is 24.3 Å². The Hall–Kier alpha value is -1.48. The molecule has 0 aromatic heterocycles. The fraction of sp³-hybridized carbons (Fsp3) is 0.611. The molecule has 0 bridgehead atoms. The van der Waals surface area contributed by atoms with Gasteiger partial charge in [0.25, 0.3) is 0 Å². The number of aryl methyl sites for hydroxylation is 1. The minimum absolute atomic E-state index is 0.208. The molecule has 146 valence electrons. The van der Waals surface area contributed by atoms with E-state index in [0.29, 0.717) is 37.5 Å². The quantitative estimate of drug-likeness (QED) is 0.605. The summed E-state index contributed by atoms with van der Waals surface area (Å²) in [6, 6.07) is 6.83. The van der Waals surface area contributed by atoms with Gasteiger partial charge in [0, 0.05) is 45.7 Å². The monoisotopic (exact) mass is 382 g/mol. The number of sulfonamides is 1. The normalized spacial score (nSPS) is 16.0. The highest BCUT2D eigenvalue weighted by Crippen LogP contribution is 2.10. The number of hydrogen-bond donors (Lipinski definition) is 2. The smallest absolute Gasteiger partial charge is 0.240 e. The van der Waals surface area contributed by atoms with Crippen LogP contribution in [0.1, 0.15) is 18.4 Å². The van der Waals surface area contributed by atoms with Crippen molar-refractivity contribution in [2.24, 2.45) is 0 Å². The lowest BCUT2D eigenvalue weighted by molar-refractivity contribution is -0.133. The van der Waals surface area contributed by atoms with E-state index in [-0.39, 0.29) is 5.91 Å². The maximum absolute atomic E-state index is 12.3. The minimum Gasteiger partial charge on any atom is -0.340 e. The van der Waals surface area contributed by atoms with Crippen molar-refractivity contribution in [1.29, 1.82) is 0 Å². The number of hydrogen-bond acceptors (Lipinski definition) is 5. The molecule has 1 fully saturated rings. The molecule has 1 aromatic carbocycles. The van der Waals surface area contributed by atoms with Crippen LogP contribution in [0, 0.1) is 6.92 Å². The zero-order valence-corrected chi connectivity index (χ0v) is 16.5. The number of benzene rings is 1. The summed E-state index contributed by atoms with van der Waals surface area (Å²) >= 11 is 0. The zero-order chi connectivity index (χ0) is 19.0. The molecule has 1 amide bonds. The van der Waals surface area contributed by atoms with Crippen LogP contribution >= 0.6 is 0 Å². The van der Waals surface area contributed by atoms with Crippen LogP contribution in [0.2, 0.25) is 0 Å². The molecule has 26 heavy (non-hydrogen) atoms. The van der Waals surface area contributed by atoms with Crippen molar-refractivity contribution in [3.8, 4) is 0 Å². The maximum atomic E-state index is 12.3. The van der Waals surface area contributed by atoms with Gasteiger partial charge in [0.05, 0.1) is 4.90 Å². The lowest BCUT2D eigenvalue weighted by Crippen LogP contribution is -2.50. The first kappa shape index (κ1) is 20.8. The number of carbonyl (C=O) groups is 1. The molecule has 2 N–H and O–H groups in total. The molecule has 1 aromatic rings. The van der Waals surface area contributed by atoms with Crippen LogP contribution in [0.15, 0.2) is 29.2 Å². The number of nitrogens with one attached hydrogen (secondary N) is 2. The molecule has 8 heteroatoms. The first-order chi connectivity index (χ1) is 12.4. The van der Waals surface area contributed by atoms with Gasteiger partial charge in [0.15, 0.2) is 0 Å². The van der Waals surface area contributed by atoms with Gasteiger partial charge in [0.1, 0.15) is 0 Å². The van der Waals surface area contributed by atoms with Gasteiger partial charge in [-0.15, -0.1) is 0 Å². The van der Waals surface area contributed by atoms with Crippen LogP contribution in [0.5, 0.6) is 0 Å². The van der Waals surface area contributed by atoms with Gasteiger partial charge in [-0.1, -0.05) is 17.7 Å². The van der Waals surface area contributed by atoms with Crippen LogP contribution in [0.25, 0.3) is 0 Å². The largest absolute Gasteiger partial charge is 0.340 e. The van der Waals surface area contributed by atoms with Crippen molar-refractivity contribution < 1.29 is 13.2 Å². The molecule has 1 aliphatic heterocycles. The number of nitrogens with zero attached hydrogens (tertiary/aromatic N) is 2. The molecule has 0 unspecified atom stereocenters. The topological polar surface area (TPSA) is 81.8 Å². The van der Waals surface area contributed by atoms with Gasteiger partial charge in [-0.2, -0.15) is 0 Å². The Morgan fingerprint density at radius 1 is 1.08 bits per heavy atom. The molecule has 1 aliphatic rings. The number of piperazine rings is 1. The molecular weight excluding hydrogens is 352 g/mol. The minimum atomic E-state index is -3.46. The predicted molar refractivity (Wildman–Crippen MR) is 103 cm³/mol. The van der Waals surface area contributed by atoms with Crippen molar-refractivity contribution in [2.45, 2.75) is 24.7 Å². The van der Waals surface area contributed by atoms with E-state index in [4.69, 9.17) is 0 Å². The van der Waals surface area contributed by atoms with Crippen LogP contribution in [-0.2, 0) is 14.8 Å². The summed E-state index contributed by atoms with van der Waals surface area (Å²) in [6.45, 7) is 6.78. The molecule has 7 nitrogen and oxygen atoms in total. The highest BCUT2D eigenvalue weighted by Gasteiger charge is 2.21. The summed E-state index contributed by atoms with van der Waals surface area (Å²) in [4.78, 5) is 16.5. The van der Waals surface area contributed by atoms with Crippen molar-refractivity contribution in [3.05, 3.63) is 29.8 Å². The summed E-state index contributed by atoms with van der Waals surface area (Å²) in [5.41, 5.74) is 1.03. The van der Waals surface area contributed by atoms with E-state index in [0.717, 1.165) is 31.6 Å². The zero-order valence-electron chi connectivity index (χ0n) is 15.7. The first-order valence-corrected chi connectivity index (χ1v) is 10.6. The Morgan fingerprint density at radius 2 is 1.73 bits per heavy atom. The predicted octanol–water partition coefficient (Wildman–Crippen LogP) is 0.417. The van der Waals surface area contributed by atoms with E-state index in [2.05, 4.69) is 14.9 Å². The molecule has 2 rings (SSSR count). The Kier molecular flexibility index (Phi) is 8.02. The highest BCUT2D eigenvalue weighted by molar-refractivity contribution is 7.89. The molecule has 0 aliphatic carbocycles. The highest BCUT2D eigenvalue weighted by atomic mass is 32.2. The average Bonchev–Trinajstić information content (AvgIpc) is 2.62. The summed E-state index contributed by atoms with van der Waals surface area (Å²) < 4.78 is 27.2. The Labute approximate surface area is 156 Å². The van der Waals surface area contributed by atoms with E-state index in [9.17, 15) is 13.2 Å². The standard InChI is InChI=1S/C18H30N4O3S/c1-16-5-7-17(8-6-16)26(24,25)20-10-11-21-12-14-22(15-13-21)18(23)4-3-9-19-2/h5-8,19-20H,3-4,9-15H2,1-2H3. The van der Waals surface area contributed by atoms with Crippen LogP contribution in [0.3, 0.4) is 0 Å². The average molecular weight is 383 g/mol. The third-order valence-electron chi connectivity index (χ3n) is 4.59. The Balaban J connectivity index is 1.70. The molecule has 0 spiro atoms. The molecule has 1 heterocycles. The van der Waals surface area contributed by atoms with Crippen LogP contribution in [0.4, 0.5) is 0 Å². The second-order valence-corrected chi connectivity index (χ2v) is 8.41. The van der Waals surface area contributed by atoms with Gasteiger partial charge < -0.3 is 10.2 Å². The molecule has 0 atom stereocenters. The second kappa shape index (κ2) is 10.0. The lowest BCUT2D eigenvalue weighted by atomic mass is 10.2. The number of carbonyl (C=O) groups excluding carboxylic acids is 1. The fourth-order valence-electron chi connectivity index (χ4n) is 2.93. The SMILES string of the molecule is CNCCCC(=O)N1CCN(CCNS(=O)(=O)c2ccc(C)cc2)CC1. The van der Waals surface area contributed by atoms with Crippen LogP contribution in [-0.4, -0.2) is 77.0 Å². The third kappa shape index (κ3) is 6.35. The second-order valence-electron chi connectivity index (χ2n) is 6.64. The fourth-order valence-corrected chi connectivity index (χ4v) is 3.96. The van der Waals surface area contributed by atoms with Gasteiger partial charge in [-0.05, 0) is 39.1 Å². The van der Waals surface area contributed by atoms with Gasteiger partial charge in [0.2, 0.25) is 15.9 Å². The summed E-state index contributed by atoms with van der Waals surface area (Å²) in [5.74, 6) is 0.208. The third-order valence-corrected chi connectivity index (χ3v) is 6.07. The van der Waals surface area contributed by atoms with E-state index in [1.807, 2.05) is 18.9 Å². The molecule has 1 saturated heterocycles. The summed E-state index contributed by atoms with van der Waals surface area (Å²) in [7, 11) is -1.58. The van der Waals surface area contributed by atoms with E-state index < -0.39 is 10.0 Å². The number of amides is 1. The number of rotatable bonds is 9. The van der Waals surface area contributed by atoms with Crippen LogP contribution < -0.4 is 10.0 Å². The molecule has 0 saturated carbocycles. The first-order valence-electron chi connectivity index (χ1n) is 9.13. The van der Waals surface area contributed by atoms with Crippen molar-refractivity contribution in [2.75, 3.05) is 52.9 Å². The molecule has 0 radical (unpaired) electrons. The summed E-state index contributed by atoms with van der Waals surface area (Å²) in [5, 5.41) is 3.05. The molecular formula is C18H30N4O3S. The summed E-state index contributed by atoms with van der Waals surface area (Å²) in [6.07, 6.45) is 1.44. The lowest BCUT2D eigenvalue weighted by Gasteiger charge is -2.34. The van der Waals surface area contributed by atoms with Gasteiger partial charge >= 0.3 is 0 Å². The van der Waals surface area contributed by atoms with Crippen molar-refractivity contribution in [3.63, 3.8) is 0 Å². The van der Waals surface area contributed by atoms with Crippen molar-refractivity contribution in [1.82, 2.24) is 19.8 Å². The van der Waals surface area contributed by atoms with Gasteiger partial charge in [-0.3, -0.25) is 9.69 Å². The van der Waals surface area contributed by atoms with E-state index in [1.165, 1.54) is 0 Å². The Morgan fingerprint density at radius 3 is 2.35 bits per heavy atom. The van der Waals surface area contributed by atoms with E-state index >= 15 is 0 Å². The maximum Gasteiger partial charge on any atom is 0.240 e. The van der Waals surface area contributed by atoms with Gasteiger partial charge in [-0.25, -0.2) is 13.1 Å². The van der Waals surface area contributed by atoms with Crippen molar-refractivity contribution >= 4 is 15.9 Å². The Bertz CT molecular complexity index is 668.